The van der Waals surface area contributed by atoms with Crippen LogP contribution in [-0.2, 0) is 4.74 Å². The zero-order chi connectivity index (χ0) is 13.8. The van der Waals surface area contributed by atoms with Gasteiger partial charge in [-0.15, -0.1) is 0 Å². The minimum absolute atomic E-state index is 0.0626. The summed E-state index contributed by atoms with van der Waals surface area (Å²) >= 11 is 0. The van der Waals surface area contributed by atoms with Crippen molar-refractivity contribution < 1.29 is 4.74 Å². The van der Waals surface area contributed by atoms with Crippen LogP contribution < -0.4 is 5.73 Å². The Hall–Kier alpha value is -0.860. The Bertz CT molecular complexity index is 383. The van der Waals surface area contributed by atoms with E-state index in [0.717, 1.165) is 12.8 Å². The summed E-state index contributed by atoms with van der Waals surface area (Å²) in [7, 11) is 0. The summed E-state index contributed by atoms with van der Waals surface area (Å²) < 4.78 is 6.01. The molecular weight excluding hydrogens is 222 g/mol. The van der Waals surface area contributed by atoms with Gasteiger partial charge in [-0.05, 0) is 50.3 Å². The third-order valence-electron chi connectivity index (χ3n) is 4.18. The van der Waals surface area contributed by atoms with Crippen molar-refractivity contribution in [3.05, 3.63) is 34.9 Å². The van der Waals surface area contributed by atoms with Gasteiger partial charge in [-0.25, -0.2) is 0 Å². The average Bonchev–Trinajstić information content (AvgIpc) is 2.38. The summed E-state index contributed by atoms with van der Waals surface area (Å²) in [5, 5.41) is 0. The normalized spacial score (nSPS) is 13.7. The average molecular weight is 249 g/mol. The first-order valence-corrected chi connectivity index (χ1v) is 6.98. The molecular formula is C16H27NO. The highest BCUT2D eigenvalue weighted by molar-refractivity contribution is 5.36. The maximum Gasteiger partial charge on any atom is 0.0868 e. The number of aryl methyl sites for hydroxylation is 1. The number of nitrogens with two attached hydrogens (primary N) is 1. The van der Waals surface area contributed by atoms with Gasteiger partial charge in [0.25, 0.3) is 0 Å². The molecule has 0 amide bonds. The van der Waals surface area contributed by atoms with Crippen molar-refractivity contribution in [2.75, 3.05) is 6.61 Å². The van der Waals surface area contributed by atoms with E-state index >= 15 is 0 Å². The smallest absolute Gasteiger partial charge is 0.0868 e. The monoisotopic (exact) mass is 249 g/mol. The summed E-state index contributed by atoms with van der Waals surface area (Å²) in [6.45, 7) is 11.3. The Morgan fingerprint density at radius 1 is 1.17 bits per heavy atom. The van der Waals surface area contributed by atoms with E-state index in [1.54, 1.807) is 0 Å². The van der Waals surface area contributed by atoms with E-state index in [1.807, 2.05) is 6.92 Å². The van der Waals surface area contributed by atoms with Crippen LogP contribution in [0.5, 0.6) is 0 Å². The molecule has 0 aliphatic rings. The van der Waals surface area contributed by atoms with Crippen LogP contribution in [0.4, 0.5) is 0 Å². The number of hydrogen-bond donors (Lipinski definition) is 1. The Labute approximate surface area is 112 Å². The van der Waals surface area contributed by atoms with E-state index < -0.39 is 0 Å². The second kappa shape index (κ2) is 6.35. The van der Waals surface area contributed by atoms with E-state index in [4.69, 9.17) is 10.5 Å². The van der Waals surface area contributed by atoms with Crippen molar-refractivity contribution in [3.63, 3.8) is 0 Å². The number of hydrogen-bond acceptors (Lipinski definition) is 2. The molecule has 0 spiro atoms. The molecule has 0 bridgehead atoms. The second-order valence-electron chi connectivity index (χ2n) is 4.97. The van der Waals surface area contributed by atoms with Crippen LogP contribution in [0.1, 0.15) is 56.3 Å². The largest absolute Gasteiger partial charge is 0.373 e. The second-order valence-corrected chi connectivity index (χ2v) is 4.97. The molecule has 0 saturated heterocycles. The molecule has 1 unspecified atom stereocenters. The fourth-order valence-corrected chi connectivity index (χ4v) is 2.67. The van der Waals surface area contributed by atoms with E-state index in [0.29, 0.717) is 6.61 Å². The summed E-state index contributed by atoms with van der Waals surface area (Å²) in [5.41, 5.74) is 10.1. The molecule has 1 aromatic carbocycles. The minimum Gasteiger partial charge on any atom is -0.373 e. The predicted octanol–water partition coefficient (Wildman–Crippen LogP) is 3.90. The molecule has 0 heterocycles. The Kier molecular flexibility index (Phi) is 5.36. The fraction of sp³-hybridized carbons (Fsp3) is 0.625. The van der Waals surface area contributed by atoms with E-state index in [-0.39, 0.29) is 11.6 Å². The molecule has 0 aliphatic heterocycles. The summed E-state index contributed by atoms with van der Waals surface area (Å²) in [6.07, 6.45) is 1.87. The topological polar surface area (TPSA) is 35.2 Å². The molecule has 2 nitrogen and oxygen atoms in total. The standard InChI is InChI=1S/C16H27NO/c1-6-16(7-2,18-8-3)15(17)14-11-9-10-12(4)13(14)5/h9-11,15H,6-8,17H2,1-5H3. The van der Waals surface area contributed by atoms with Crippen LogP contribution in [0.3, 0.4) is 0 Å². The lowest BCUT2D eigenvalue weighted by Gasteiger charge is -2.38. The molecule has 2 N–H and O–H groups in total. The first-order chi connectivity index (χ1) is 8.52. The number of benzene rings is 1. The van der Waals surface area contributed by atoms with Crippen LogP contribution in [-0.4, -0.2) is 12.2 Å². The van der Waals surface area contributed by atoms with Crippen molar-refractivity contribution >= 4 is 0 Å². The Morgan fingerprint density at radius 3 is 2.28 bits per heavy atom. The lowest BCUT2D eigenvalue weighted by Crippen LogP contribution is -2.43. The van der Waals surface area contributed by atoms with E-state index in [2.05, 4.69) is 45.9 Å². The highest BCUT2D eigenvalue weighted by atomic mass is 16.5. The molecule has 18 heavy (non-hydrogen) atoms. The van der Waals surface area contributed by atoms with Gasteiger partial charge in [-0.2, -0.15) is 0 Å². The van der Waals surface area contributed by atoms with Crippen LogP contribution >= 0.6 is 0 Å². The maximum absolute atomic E-state index is 6.53. The predicted molar refractivity (Wildman–Crippen MR) is 77.8 cm³/mol. The number of rotatable bonds is 6. The Balaban J connectivity index is 3.17. The van der Waals surface area contributed by atoms with Gasteiger partial charge in [0, 0.05) is 6.61 Å². The molecule has 1 aromatic rings. The quantitative estimate of drug-likeness (QED) is 0.830. The van der Waals surface area contributed by atoms with Crippen molar-refractivity contribution in [2.24, 2.45) is 5.73 Å². The molecule has 1 atom stereocenters. The summed E-state index contributed by atoms with van der Waals surface area (Å²) in [5.74, 6) is 0. The lowest BCUT2D eigenvalue weighted by molar-refractivity contribution is -0.0647. The lowest BCUT2D eigenvalue weighted by atomic mass is 9.82. The van der Waals surface area contributed by atoms with Gasteiger partial charge in [0.2, 0.25) is 0 Å². The molecule has 1 rings (SSSR count). The molecule has 0 saturated carbocycles. The minimum atomic E-state index is -0.243. The van der Waals surface area contributed by atoms with Crippen molar-refractivity contribution in [1.82, 2.24) is 0 Å². The fourth-order valence-electron chi connectivity index (χ4n) is 2.67. The van der Waals surface area contributed by atoms with Gasteiger partial charge in [-0.3, -0.25) is 0 Å². The van der Waals surface area contributed by atoms with Gasteiger partial charge in [0.1, 0.15) is 0 Å². The zero-order valence-electron chi connectivity index (χ0n) is 12.4. The van der Waals surface area contributed by atoms with Crippen LogP contribution in [0, 0.1) is 13.8 Å². The first kappa shape index (κ1) is 15.2. The molecule has 0 aliphatic carbocycles. The number of ether oxygens (including phenoxy) is 1. The van der Waals surface area contributed by atoms with E-state index in [9.17, 15) is 0 Å². The SMILES string of the molecule is CCOC(CC)(CC)C(N)c1cccc(C)c1C. The van der Waals surface area contributed by atoms with Gasteiger partial charge in [0.05, 0.1) is 11.6 Å². The highest BCUT2D eigenvalue weighted by Crippen LogP contribution is 2.35. The molecule has 102 valence electrons. The zero-order valence-corrected chi connectivity index (χ0v) is 12.4. The van der Waals surface area contributed by atoms with Gasteiger partial charge < -0.3 is 10.5 Å². The molecule has 0 fully saturated rings. The molecule has 2 heteroatoms. The highest BCUT2D eigenvalue weighted by Gasteiger charge is 2.35. The van der Waals surface area contributed by atoms with Crippen LogP contribution in [0.15, 0.2) is 18.2 Å². The Morgan fingerprint density at radius 2 is 1.78 bits per heavy atom. The molecule has 0 aromatic heterocycles. The van der Waals surface area contributed by atoms with Crippen LogP contribution in [0.25, 0.3) is 0 Å². The van der Waals surface area contributed by atoms with E-state index in [1.165, 1.54) is 16.7 Å². The van der Waals surface area contributed by atoms with Gasteiger partial charge >= 0.3 is 0 Å². The van der Waals surface area contributed by atoms with Gasteiger partial charge in [-0.1, -0.05) is 32.0 Å². The first-order valence-electron chi connectivity index (χ1n) is 6.98. The van der Waals surface area contributed by atoms with Crippen molar-refractivity contribution in [1.29, 1.82) is 0 Å². The molecule has 0 radical (unpaired) electrons. The van der Waals surface area contributed by atoms with Crippen molar-refractivity contribution in [3.8, 4) is 0 Å². The summed E-state index contributed by atoms with van der Waals surface area (Å²) in [6, 6.07) is 6.28. The third kappa shape index (κ3) is 2.76. The van der Waals surface area contributed by atoms with Crippen molar-refractivity contribution in [2.45, 2.75) is 59.1 Å². The maximum atomic E-state index is 6.53. The van der Waals surface area contributed by atoms with Gasteiger partial charge in [0.15, 0.2) is 0 Å². The van der Waals surface area contributed by atoms with Crippen LogP contribution in [0.2, 0.25) is 0 Å². The summed E-state index contributed by atoms with van der Waals surface area (Å²) in [4.78, 5) is 0. The third-order valence-corrected chi connectivity index (χ3v) is 4.18.